The fourth-order valence-corrected chi connectivity index (χ4v) is 3.30. The number of nitrogens with zero attached hydrogens (tertiary/aromatic N) is 1. The van der Waals surface area contributed by atoms with Gasteiger partial charge in [0.1, 0.15) is 0 Å². The van der Waals surface area contributed by atoms with Crippen LogP contribution in [0.5, 0.6) is 0 Å². The Bertz CT molecular complexity index is 458. The maximum Gasteiger partial charge on any atom is 0.0758 e. The number of para-hydroxylation sites is 1. The van der Waals surface area contributed by atoms with Crippen molar-refractivity contribution in [1.29, 1.82) is 0 Å². The summed E-state index contributed by atoms with van der Waals surface area (Å²) in [6, 6.07) is 8.72. The van der Waals surface area contributed by atoms with Gasteiger partial charge in [0.2, 0.25) is 0 Å². The first kappa shape index (κ1) is 12.9. The third-order valence-corrected chi connectivity index (χ3v) is 4.37. The van der Waals surface area contributed by atoms with E-state index in [1.54, 1.807) is 0 Å². The van der Waals surface area contributed by atoms with E-state index in [0.29, 0.717) is 6.10 Å². The average Bonchev–Trinajstić information content (AvgIpc) is 2.73. The van der Waals surface area contributed by atoms with Crippen LogP contribution in [0.1, 0.15) is 44.7 Å². The lowest BCUT2D eigenvalue weighted by Crippen LogP contribution is -2.39. The van der Waals surface area contributed by atoms with Gasteiger partial charge in [-0.25, -0.2) is 0 Å². The molecular weight excluding hydrogens is 236 g/mol. The van der Waals surface area contributed by atoms with Crippen LogP contribution in [0, 0.1) is 0 Å². The molecule has 19 heavy (non-hydrogen) atoms. The second kappa shape index (κ2) is 4.80. The Morgan fingerprint density at radius 3 is 2.84 bits per heavy atom. The lowest BCUT2D eigenvalue weighted by atomic mass is 9.96. The number of benzene rings is 1. The topological polar surface area (TPSA) is 38.5 Å². The standard InChI is InChI=1S/C16H24N2O/c1-16(2)9-7-12(19-16)11-18-10-8-14(17)13-5-3-4-6-15(13)18/h3-6,12,14H,7-11,17H2,1-2H3. The van der Waals surface area contributed by atoms with E-state index in [9.17, 15) is 0 Å². The molecule has 2 aliphatic rings. The first-order valence-corrected chi connectivity index (χ1v) is 7.32. The molecule has 3 rings (SSSR count). The Morgan fingerprint density at radius 2 is 2.11 bits per heavy atom. The van der Waals surface area contributed by atoms with Gasteiger partial charge < -0.3 is 15.4 Å². The van der Waals surface area contributed by atoms with Crippen molar-refractivity contribution in [2.75, 3.05) is 18.0 Å². The summed E-state index contributed by atoms with van der Waals surface area (Å²) in [6.45, 7) is 6.41. The predicted octanol–water partition coefficient (Wildman–Crippen LogP) is 2.85. The van der Waals surface area contributed by atoms with Crippen LogP contribution in [0.25, 0.3) is 0 Å². The van der Waals surface area contributed by atoms with E-state index < -0.39 is 0 Å². The van der Waals surface area contributed by atoms with Crippen LogP contribution < -0.4 is 10.6 Å². The van der Waals surface area contributed by atoms with Crippen molar-refractivity contribution >= 4 is 5.69 Å². The zero-order chi connectivity index (χ0) is 13.5. The molecule has 0 saturated carbocycles. The van der Waals surface area contributed by atoms with Crippen molar-refractivity contribution in [2.24, 2.45) is 5.73 Å². The molecule has 104 valence electrons. The quantitative estimate of drug-likeness (QED) is 0.888. The molecule has 0 amide bonds. The van der Waals surface area contributed by atoms with Crippen molar-refractivity contribution in [3.63, 3.8) is 0 Å². The molecule has 0 aliphatic carbocycles. The second-order valence-electron chi connectivity index (χ2n) is 6.44. The molecule has 1 fully saturated rings. The van der Waals surface area contributed by atoms with Crippen LogP contribution >= 0.6 is 0 Å². The Balaban J connectivity index is 1.75. The van der Waals surface area contributed by atoms with E-state index in [1.165, 1.54) is 11.3 Å². The third kappa shape index (κ3) is 2.63. The monoisotopic (exact) mass is 260 g/mol. The molecule has 0 radical (unpaired) electrons. The van der Waals surface area contributed by atoms with Gasteiger partial charge in [0.25, 0.3) is 0 Å². The first-order chi connectivity index (χ1) is 9.05. The molecule has 0 spiro atoms. The summed E-state index contributed by atoms with van der Waals surface area (Å²) in [5.74, 6) is 0. The van der Waals surface area contributed by atoms with Gasteiger partial charge in [-0.1, -0.05) is 18.2 Å². The molecule has 2 heterocycles. The Morgan fingerprint density at radius 1 is 1.32 bits per heavy atom. The molecule has 3 heteroatoms. The van der Waals surface area contributed by atoms with Crippen molar-refractivity contribution in [2.45, 2.75) is 50.9 Å². The molecule has 2 atom stereocenters. The Hall–Kier alpha value is -1.06. The van der Waals surface area contributed by atoms with Gasteiger partial charge in [-0.15, -0.1) is 0 Å². The maximum atomic E-state index is 6.20. The highest BCUT2D eigenvalue weighted by Crippen LogP contribution is 2.35. The maximum absolute atomic E-state index is 6.20. The van der Waals surface area contributed by atoms with Crippen LogP contribution in [0.3, 0.4) is 0 Å². The van der Waals surface area contributed by atoms with Gasteiger partial charge >= 0.3 is 0 Å². The van der Waals surface area contributed by atoms with Gasteiger partial charge in [0.05, 0.1) is 11.7 Å². The second-order valence-corrected chi connectivity index (χ2v) is 6.44. The molecule has 1 aromatic carbocycles. The molecule has 2 N–H and O–H groups in total. The highest BCUT2D eigenvalue weighted by Gasteiger charge is 2.33. The number of ether oxygens (including phenoxy) is 1. The summed E-state index contributed by atoms with van der Waals surface area (Å²) in [7, 11) is 0. The van der Waals surface area contributed by atoms with Crippen molar-refractivity contribution in [3.8, 4) is 0 Å². The molecule has 0 bridgehead atoms. The summed E-state index contributed by atoms with van der Waals surface area (Å²) in [5.41, 5.74) is 8.84. The lowest BCUT2D eigenvalue weighted by molar-refractivity contribution is -0.0116. The fourth-order valence-electron chi connectivity index (χ4n) is 3.30. The smallest absolute Gasteiger partial charge is 0.0758 e. The number of fused-ring (bicyclic) bond motifs is 1. The number of nitrogens with two attached hydrogens (primary N) is 1. The van der Waals surface area contributed by atoms with Gasteiger partial charge in [-0.05, 0) is 44.7 Å². The van der Waals surface area contributed by atoms with Crippen molar-refractivity contribution in [1.82, 2.24) is 0 Å². The van der Waals surface area contributed by atoms with Gasteiger partial charge in [0.15, 0.2) is 0 Å². The minimum Gasteiger partial charge on any atom is -0.371 e. The zero-order valence-corrected chi connectivity index (χ0v) is 11.9. The average molecular weight is 260 g/mol. The minimum absolute atomic E-state index is 0.0520. The third-order valence-electron chi connectivity index (χ3n) is 4.37. The Kier molecular flexibility index (Phi) is 3.27. The van der Waals surface area contributed by atoms with Gasteiger partial charge in [0, 0.05) is 24.8 Å². The molecular formula is C16H24N2O. The minimum atomic E-state index is 0.0520. The van der Waals surface area contributed by atoms with Crippen LogP contribution in [-0.2, 0) is 4.74 Å². The normalized spacial score (nSPS) is 29.3. The molecule has 3 nitrogen and oxygen atoms in total. The van der Waals surface area contributed by atoms with E-state index in [-0.39, 0.29) is 11.6 Å². The van der Waals surface area contributed by atoms with Gasteiger partial charge in [-0.3, -0.25) is 0 Å². The van der Waals surface area contributed by atoms with E-state index in [2.05, 4.69) is 43.0 Å². The van der Waals surface area contributed by atoms with Crippen molar-refractivity contribution in [3.05, 3.63) is 29.8 Å². The Labute approximate surface area is 115 Å². The highest BCUT2D eigenvalue weighted by atomic mass is 16.5. The number of hydrogen-bond acceptors (Lipinski definition) is 3. The summed E-state index contributed by atoms with van der Waals surface area (Å²) in [5, 5.41) is 0. The van der Waals surface area contributed by atoms with Crippen molar-refractivity contribution < 1.29 is 4.74 Å². The number of rotatable bonds is 2. The molecule has 1 saturated heterocycles. The summed E-state index contributed by atoms with van der Waals surface area (Å²) < 4.78 is 6.12. The van der Waals surface area contributed by atoms with Crippen LogP contribution in [0.2, 0.25) is 0 Å². The van der Waals surface area contributed by atoms with E-state index in [0.717, 1.165) is 32.4 Å². The fraction of sp³-hybridized carbons (Fsp3) is 0.625. The highest BCUT2D eigenvalue weighted by molar-refractivity contribution is 5.57. The SMILES string of the molecule is CC1(C)CCC(CN2CCC(N)c3ccccc32)O1. The van der Waals surface area contributed by atoms with E-state index in [1.807, 2.05) is 0 Å². The van der Waals surface area contributed by atoms with Crippen LogP contribution in [-0.4, -0.2) is 24.8 Å². The lowest BCUT2D eigenvalue weighted by Gasteiger charge is -2.36. The van der Waals surface area contributed by atoms with Crippen LogP contribution in [0.4, 0.5) is 5.69 Å². The largest absolute Gasteiger partial charge is 0.371 e. The first-order valence-electron chi connectivity index (χ1n) is 7.32. The predicted molar refractivity (Wildman–Crippen MR) is 78.4 cm³/mol. The molecule has 2 unspecified atom stereocenters. The number of anilines is 1. The summed E-state index contributed by atoms with van der Waals surface area (Å²) >= 11 is 0. The summed E-state index contributed by atoms with van der Waals surface area (Å²) in [6.07, 6.45) is 3.72. The number of hydrogen-bond donors (Lipinski definition) is 1. The zero-order valence-electron chi connectivity index (χ0n) is 11.9. The molecule has 1 aromatic rings. The van der Waals surface area contributed by atoms with Crippen LogP contribution in [0.15, 0.2) is 24.3 Å². The summed E-state index contributed by atoms with van der Waals surface area (Å²) in [4.78, 5) is 2.45. The van der Waals surface area contributed by atoms with E-state index >= 15 is 0 Å². The van der Waals surface area contributed by atoms with E-state index in [4.69, 9.17) is 10.5 Å². The molecule has 0 aromatic heterocycles. The molecule has 2 aliphatic heterocycles. The van der Waals surface area contributed by atoms with Gasteiger partial charge in [-0.2, -0.15) is 0 Å².